The smallest absolute Gasteiger partial charge is 0.411 e. The molecule has 0 aliphatic carbocycles. The SMILES string of the molecule is CN(C(=O)c1cc(-c2ccccc2)nc2ccccc12)[C@@H]1C[C@@H](C(=O)O)N(C(=O)OC(C)(C)C)C1. The third kappa shape index (κ3) is 5.11. The number of amides is 2. The Labute approximate surface area is 204 Å². The highest BCUT2D eigenvalue weighted by atomic mass is 16.6. The minimum absolute atomic E-state index is 0.0721. The van der Waals surface area contributed by atoms with E-state index in [0.29, 0.717) is 22.2 Å². The molecule has 2 amide bonds. The number of hydrogen-bond acceptors (Lipinski definition) is 5. The number of hydrogen-bond donors (Lipinski definition) is 1. The number of benzene rings is 2. The molecule has 0 unspecified atom stereocenters. The molecular formula is C27H29N3O5. The quantitative estimate of drug-likeness (QED) is 0.599. The van der Waals surface area contributed by atoms with Crippen LogP contribution in [0.1, 0.15) is 37.6 Å². The van der Waals surface area contributed by atoms with Crippen LogP contribution >= 0.6 is 0 Å². The molecule has 1 aliphatic heterocycles. The normalized spacial score (nSPS) is 17.9. The molecule has 0 saturated carbocycles. The highest BCUT2D eigenvalue weighted by molar-refractivity contribution is 6.07. The fourth-order valence-corrected chi connectivity index (χ4v) is 4.32. The Kier molecular flexibility index (Phi) is 6.47. The molecule has 1 aliphatic rings. The molecule has 2 atom stereocenters. The fourth-order valence-electron chi connectivity index (χ4n) is 4.32. The molecule has 2 heterocycles. The van der Waals surface area contributed by atoms with Crippen molar-refractivity contribution in [3.8, 4) is 11.3 Å². The van der Waals surface area contributed by atoms with E-state index in [-0.39, 0.29) is 18.9 Å². The van der Waals surface area contributed by atoms with Gasteiger partial charge in [-0.3, -0.25) is 9.69 Å². The zero-order valence-electron chi connectivity index (χ0n) is 20.3. The number of aromatic nitrogens is 1. The number of carbonyl (C=O) groups excluding carboxylic acids is 2. The number of carboxylic acids is 1. The molecule has 1 aromatic heterocycles. The minimum atomic E-state index is -1.13. The van der Waals surface area contributed by atoms with Crippen LogP contribution in [-0.2, 0) is 9.53 Å². The van der Waals surface area contributed by atoms with Crippen molar-refractivity contribution in [2.24, 2.45) is 0 Å². The Morgan fingerprint density at radius 1 is 1.06 bits per heavy atom. The lowest BCUT2D eigenvalue weighted by Gasteiger charge is -2.28. The summed E-state index contributed by atoms with van der Waals surface area (Å²) in [6.07, 6.45) is -0.584. The van der Waals surface area contributed by atoms with Crippen LogP contribution in [0.15, 0.2) is 60.7 Å². The van der Waals surface area contributed by atoms with E-state index in [4.69, 9.17) is 9.72 Å². The summed E-state index contributed by atoms with van der Waals surface area (Å²) < 4.78 is 5.41. The van der Waals surface area contributed by atoms with Gasteiger partial charge in [0, 0.05) is 31.0 Å². The van der Waals surface area contributed by atoms with Crippen molar-refractivity contribution in [2.75, 3.05) is 13.6 Å². The van der Waals surface area contributed by atoms with Crippen LogP contribution < -0.4 is 0 Å². The highest BCUT2D eigenvalue weighted by Crippen LogP contribution is 2.29. The molecule has 4 rings (SSSR count). The summed E-state index contributed by atoms with van der Waals surface area (Å²) in [4.78, 5) is 45.8. The van der Waals surface area contributed by atoms with E-state index in [1.54, 1.807) is 33.9 Å². The Bertz CT molecular complexity index is 1270. The van der Waals surface area contributed by atoms with E-state index in [2.05, 4.69) is 0 Å². The van der Waals surface area contributed by atoms with E-state index < -0.39 is 29.7 Å². The van der Waals surface area contributed by atoms with Crippen LogP contribution in [0.4, 0.5) is 4.79 Å². The van der Waals surface area contributed by atoms with Crippen LogP contribution in [0.3, 0.4) is 0 Å². The zero-order chi connectivity index (χ0) is 25.3. The first-order valence-electron chi connectivity index (χ1n) is 11.5. The van der Waals surface area contributed by atoms with Crippen molar-refractivity contribution >= 4 is 28.9 Å². The minimum Gasteiger partial charge on any atom is -0.480 e. The summed E-state index contributed by atoms with van der Waals surface area (Å²) >= 11 is 0. The van der Waals surface area contributed by atoms with Crippen LogP contribution in [0.5, 0.6) is 0 Å². The second-order valence-electron chi connectivity index (χ2n) is 9.73. The number of fused-ring (bicyclic) bond motifs is 1. The van der Waals surface area contributed by atoms with Crippen molar-refractivity contribution in [3.05, 3.63) is 66.2 Å². The highest BCUT2D eigenvalue weighted by Gasteiger charge is 2.44. The number of likely N-dealkylation sites (N-methyl/N-ethyl adjacent to an activating group) is 1. The van der Waals surface area contributed by atoms with Gasteiger partial charge in [-0.05, 0) is 32.9 Å². The predicted molar refractivity (Wildman–Crippen MR) is 132 cm³/mol. The van der Waals surface area contributed by atoms with Crippen molar-refractivity contribution in [2.45, 2.75) is 44.9 Å². The Balaban J connectivity index is 1.66. The van der Waals surface area contributed by atoms with Gasteiger partial charge in [-0.1, -0.05) is 48.5 Å². The topological polar surface area (TPSA) is 100 Å². The number of rotatable bonds is 4. The van der Waals surface area contributed by atoms with Gasteiger partial charge in [0.25, 0.3) is 5.91 Å². The maximum Gasteiger partial charge on any atom is 0.411 e. The van der Waals surface area contributed by atoms with Gasteiger partial charge < -0.3 is 14.7 Å². The van der Waals surface area contributed by atoms with Crippen LogP contribution in [0.2, 0.25) is 0 Å². The molecule has 0 radical (unpaired) electrons. The van der Waals surface area contributed by atoms with E-state index in [9.17, 15) is 19.5 Å². The third-order valence-electron chi connectivity index (χ3n) is 6.08. The molecular weight excluding hydrogens is 446 g/mol. The molecule has 1 saturated heterocycles. The number of nitrogens with zero attached hydrogens (tertiary/aromatic N) is 3. The van der Waals surface area contributed by atoms with Gasteiger partial charge in [0.1, 0.15) is 11.6 Å². The number of para-hydroxylation sites is 1. The molecule has 0 bridgehead atoms. The average Bonchev–Trinajstić information content (AvgIpc) is 3.28. The maximum absolute atomic E-state index is 13.7. The lowest BCUT2D eigenvalue weighted by atomic mass is 10.0. The van der Waals surface area contributed by atoms with Gasteiger partial charge in [0.15, 0.2) is 0 Å². The number of pyridine rings is 1. The van der Waals surface area contributed by atoms with Gasteiger partial charge in [0.05, 0.1) is 22.8 Å². The molecule has 1 N–H and O–H groups in total. The average molecular weight is 476 g/mol. The van der Waals surface area contributed by atoms with Crippen LogP contribution in [0.25, 0.3) is 22.2 Å². The van der Waals surface area contributed by atoms with Gasteiger partial charge >= 0.3 is 12.1 Å². The number of likely N-dealkylation sites (tertiary alicyclic amines) is 1. The maximum atomic E-state index is 13.7. The standard InChI is InChI=1S/C27H29N3O5/c1-27(2,3)35-26(34)30-16-18(14-23(30)25(32)33)29(4)24(31)20-15-22(17-10-6-5-7-11-17)28-21-13-9-8-12-19(20)21/h5-13,15,18,23H,14,16H2,1-4H3,(H,32,33)/t18-,23+/m1/s1. The van der Waals surface area contributed by atoms with Gasteiger partial charge in [-0.15, -0.1) is 0 Å². The molecule has 8 nitrogen and oxygen atoms in total. The molecule has 182 valence electrons. The lowest BCUT2D eigenvalue weighted by molar-refractivity contribution is -0.142. The first kappa shape index (κ1) is 24.2. The molecule has 1 fully saturated rings. The summed E-state index contributed by atoms with van der Waals surface area (Å²) in [6.45, 7) is 5.25. The van der Waals surface area contributed by atoms with Crippen molar-refractivity contribution in [1.82, 2.24) is 14.8 Å². The molecule has 2 aromatic carbocycles. The van der Waals surface area contributed by atoms with E-state index in [0.717, 1.165) is 5.56 Å². The summed E-state index contributed by atoms with van der Waals surface area (Å²) in [5.74, 6) is -1.39. The van der Waals surface area contributed by atoms with Gasteiger partial charge in [0.2, 0.25) is 0 Å². The van der Waals surface area contributed by atoms with E-state index >= 15 is 0 Å². The van der Waals surface area contributed by atoms with Gasteiger partial charge in [-0.2, -0.15) is 0 Å². The number of carboxylic acid groups (broad SMARTS) is 1. The van der Waals surface area contributed by atoms with E-state index in [1.807, 2.05) is 54.6 Å². The molecule has 35 heavy (non-hydrogen) atoms. The lowest BCUT2D eigenvalue weighted by Crippen LogP contribution is -2.44. The third-order valence-corrected chi connectivity index (χ3v) is 6.08. The van der Waals surface area contributed by atoms with Crippen molar-refractivity contribution in [3.63, 3.8) is 0 Å². The summed E-state index contributed by atoms with van der Waals surface area (Å²) in [7, 11) is 1.64. The summed E-state index contributed by atoms with van der Waals surface area (Å²) in [5, 5.41) is 10.4. The van der Waals surface area contributed by atoms with Gasteiger partial charge in [-0.25, -0.2) is 14.6 Å². The Hall–Kier alpha value is -3.94. The fraction of sp³-hybridized carbons (Fsp3) is 0.333. The number of aliphatic carboxylic acids is 1. The Morgan fingerprint density at radius 3 is 2.37 bits per heavy atom. The Morgan fingerprint density at radius 2 is 1.71 bits per heavy atom. The predicted octanol–water partition coefficient (Wildman–Crippen LogP) is 4.44. The van der Waals surface area contributed by atoms with Crippen molar-refractivity contribution in [1.29, 1.82) is 0 Å². The first-order valence-corrected chi connectivity index (χ1v) is 11.5. The molecule has 0 spiro atoms. The molecule has 8 heteroatoms. The van der Waals surface area contributed by atoms with Crippen molar-refractivity contribution < 1.29 is 24.2 Å². The van der Waals surface area contributed by atoms with E-state index in [1.165, 1.54) is 9.80 Å². The largest absolute Gasteiger partial charge is 0.480 e. The zero-order valence-corrected chi connectivity index (χ0v) is 20.3. The second kappa shape index (κ2) is 9.37. The second-order valence-corrected chi connectivity index (χ2v) is 9.73. The molecule has 3 aromatic rings. The van der Waals surface area contributed by atoms with Crippen LogP contribution in [0, 0.1) is 0 Å². The number of carbonyl (C=O) groups is 3. The monoisotopic (exact) mass is 475 g/mol. The number of ether oxygens (including phenoxy) is 1. The summed E-state index contributed by atoms with van der Waals surface area (Å²) in [5.41, 5.74) is 1.96. The first-order chi connectivity index (χ1) is 16.5. The van der Waals surface area contributed by atoms with Crippen LogP contribution in [-0.4, -0.2) is 69.1 Å². The summed E-state index contributed by atoms with van der Waals surface area (Å²) in [6, 6.07) is 17.3.